The normalized spacial score (nSPS) is 12.6. The number of pyridine rings is 1. The number of rotatable bonds is 6. The summed E-state index contributed by atoms with van der Waals surface area (Å²) in [7, 11) is 0. The van der Waals surface area contributed by atoms with Crippen molar-refractivity contribution in [3.8, 4) is 0 Å². The van der Waals surface area contributed by atoms with Crippen LogP contribution in [0, 0.1) is 0 Å². The van der Waals surface area contributed by atoms with Gasteiger partial charge in [0.05, 0.1) is 12.0 Å². The molecule has 21 heavy (non-hydrogen) atoms. The summed E-state index contributed by atoms with van der Waals surface area (Å²) in [6.07, 6.45) is 2.77. The Morgan fingerprint density at radius 1 is 1.57 bits per heavy atom. The van der Waals surface area contributed by atoms with E-state index < -0.39 is 0 Å². The number of halogens is 2. The molecule has 5 nitrogen and oxygen atoms in total. The Balaban J connectivity index is 2.20. The lowest BCUT2D eigenvalue weighted by molar-refractivity contribution is -0.143. The highest BCUT2D eigenvalue weighted by molar-refractivity contribution is 9.10. The molecule has 0 aliphatic rings. The van der Waals surface area contributed by atoms with Crippen LogP contribution in [0.2, 0.25) is 0 Å². The monoisotopic (exact) mass is 373 g/mol. The van der Waals surface area contributed by atoms with Crippen molar-refractivity contribution in [1.82, 2.24) is 14.5 Å². The summed E-state index contributed by atoms with van der Waals surface area (Å²) in [6.45, 7) is 4.72. The number of ether oxygens (including phenoxy) is 1. The average Bonchev–Trinajstić information content (AvgIpc) is 2.77. The molecule has 0 spiro atoms. The summed E-state index contributed by atoms with van der Waals surface area (Å²) in [4.78, 5) is 20.3. The zero-order valence-electron chi connectivity index (χ0n) is 12.0. The third-order valence-electron chi connectivity index (χ3n) is 3.00. The van der Waals surface area contributed by atoms with Crippen molar-refractivity contribution in [3.63, 3.8) is 0 Å². The maximum atomic E-state index is 11.4. The highest BCUT2D eigenvalue weighted by Crippen LogP contribution is 2.25. The lowest BCUT2D eigenvalue weighted by Gasteiger charge is -2.09. The summed E-state index contributed by atoms with van der Waals surface area (Å²) in [5.41, 5.74) is 1.58. The van der Waals surface area contributed by atoms with Gasteiger partial charge in [-0.05, 0) is 42.3 Å². The predicted molar refractivity (Wildman–Crippen MR) is 85.4 cm³/mol. The Labute approximate surface area is 136 Å². The Morgan fingerprint density at radius 2 is 2.33 bits per heavy atom. The van der Waals surface area contributed by atoms with Gasteiger partial charge in [-0.2, -0.15) is 0 Å². The van der Waals surface area contributed by atoms with Crippen molar-refractivity contribution in [2.45, 2.75) is 38.6 Å². The van der Waals surface area contributed by atoms with Gasteiger partial charge in [0, 0.05) is 23.6 Å². The molecule has 2 aromatic rings. The number of fused-ring (bicyclic) bond motifs is 1. The molecule has 1 unspecified atom stereocenters. The number of hydrogen-bond acceptors (Lipinski definition) is 4. The summed E-state index contributed by atoms with van der Waals surface area (Å²) in [6, 6.07) is 1.91. The molecular weight excluding hydrogens is 358 g/mol. The van der Waals surface area contributed by atoms with Crippen molar-refractivity contribution in [2.75, 3.05) is 6.61 Å². The standard InChI is InChI=1S/C14H17BrClN3O2/c1-3-21-12(20)5-4-6-19-13(9(2)16)18-11-7-10(15)8-17-14(11)19/h7-9H,3-6H2,1-2H3. The zero-order chi connectivity index (χ0) is 15.4. The second kappa shape index (κ2) is 7.22. The molecule has 0 radical (unpaired) electrons. The fourth-order valence-electron chi connectivity index (χ4n) is 2.14. The lowest BCUT2D eigenvalue weighted by Crippen LogP contribution is -2.09. The molecule has 0 N–H and O–H groups in total. The van der Waals surface area contributed by atoms with Crippen molar-refractivity contribution >= 4 is 44.7 Å². The molecule has 0 aliphatic carbocycles. The summed E-state index contributed by atoms with van der Waals surface area (Å²) in [5, 5.41) is -0.222. The summed E-state index contributed by atoms with van der Waals surface area (Å²) >= 11 is 9.58. The van der Waals surface area contributed by atoms with Crippen LogP contribution >= 0.6 is 27.5 Å². The topological polar surface area (TPSA) is 57.0 Å². The first-order chi connectivity index (χ1) is 10.0. The van der Waals surface area contributed by atoms with E-state index in [4.69, 9.17) is 16.3 Å². The van der Waals surface area contributed by atoms with E-state index in [0.29, 0.717) is 26.0 Å². The van der Waals surface area contributed by atoms with Crippen molar-refractivity contribution in [2.24, 2.45) is 0 Å². The van der Waals surface area contributed by atoms with E-state index in [1.54, 1.807) is 13.1 Å². The van der Waals surface area contributed by atoms with Crippen LogP contribution in [0.5, 0.6) is 0 Å². The molecule has 114 valence electrons. The van der Waals surface area contributed by atoms with Crippen LogP contribution in [0.1, 0.15) is 37.9 Å². The minimum atomic E-state index is -0.222. The smallest absolute Gasteiger partial charge is 0.305 e. The number of carbonyl (C=O) groups is 1. The molecule has 7 heteroatoms. The van der Waals surface area contributed by atoms with Gasteiger partial charge in [0.25, 0.3) is 0 Å². The largest absolute Gasteiger partial charge is 0.466 e. The molecule has 2 aromatic heterocycles. The number of hydrogen-bond donors (Lipinski definition) is 0. The van der Waals surface area contributed by atoms with Gasteiger partial charge in [-0.3, -0.25) is 4.79 Å². The third kappa shape index (κ3) is 3.95. The molecule has 2 heterocycles. The van der Waals surface area contributed by atoms with Crippen LogP contribution in [0.3, 0.4) is 0 Å². The summed E-state index contributed by atoms with van der Waals surface area (Å²) in [5.74, 6) is 0.583. The molecule has 0 saturated carbocycles. The lowest BCUT2D eigenvalue weighted by atomic mass is 10.3. The molecule has 1 atom stereocenters. The third-order valence-corrected chi connectivity index (χ3v) is 3.63. The minimum absolute atomic E-state index is 0.182. The highest BCUT2D eigenvalue weighted by Gasteiger charge is 2.16. The van der Waals surface area contributed by atoms with Gasteiger partial charge in [-0.1, -0.05) is 0 Å². The van der Waals surface area contributed by atoms with E-state index in [1.165, 1.54) is 0 Å². The van der Waals surface area contributed by atoms with Crippen LogP contribution in [-0.4, -0.2) is 27.1 Å². The van der Waals surface area contributed by atoms with Crippen LogP contribution in [0.25, 0.3) is 11.2 Å². The van der Waals surface area contributed by atoms with Gasteiger partial charge in [-0.25, -0.2) is 9.97 Å². The van der Waals surface area contributed by atoms with Gasteiger partial charge < -0.3 is 9.30 Å². The molecule has 0 aromatic carbocycles. The van der Waals surface area contributed by atoms with Gasteiger partial charge >= 0.3 is 5.97 Å². The molecular formula is C14H17BrClN3O2. The second-order valence-electron chi connectivity index (χ2n) is 4.64. The molecule has 0 bridgehead atoms. The van der Waals surface area contributed by atoms with Crippen molar-refractivity contribution < 1.29 is 9.53 Å². The number of aromatic nitrogens is 3. The zero-order valence-corrected chi connectivity index (χ0v) is 14.3. The summed E-state index contributed by atoms with van der Waals surface area (Å²) < 4.78 is 7.78. The predicted octanol–water partition coefficient (Wildman–Crippen LogP) is 3.84. The second-order valence-corrected chi connectivity index (χ2v) is 6.21. The van der Waals surface area contributed by atoms with Crippen molar-refractivity contribution in [3.05, 3.63) is 22.6 Å². The Kier molecular flexibility index (Phi) is 5.58. The van der Waals surface area contributed by atoms with Gasteiger partial charge in [-0.15, -0.1) is 11.6 Å². The van der Waals surface area contributed by atoms with E-state index >= 15 is 0 Å². The van der Waals surface area contributed by atoms with Crippen LogP contribution in [0.15, 0.2) is 16.7 Å². The van der Waals surface area contributed by atoms with Gasteiger partial charge in [0.2, 0.25) is 0 Å². The molecule has 0 saturated heterocycles. The molecule has 2 rings (SSSR count). The van der Waals surface area contributed by atoms with Gasteiger partial charge in [0.15, 0.2) is 5.65 Å². The van der Waals surface area contributed by atoms with Crippen LogP contribution in [0.4, 0.5) is 0 Å². The first-order valence-corrected chi connectivity index (χ1v) is 8.07. The Bertz CT molecular complexity index is 642. The maximum Gasteiger partial charge on any atom is 0.305 e. The van der Waals surface area contributed by atoms with E-state index in [9.17, 15) is 4.79 Å². The molecule has 0 fully saturated rings. The van der Waals surface area contributed by atoms with Crippen LogP contribution in [-0.2, 0) is 16.1 Å². The fraction of sp³-hybridized carbons (Fsp3) is 0.500. The number of esters is 1. The number of carbonyl (C=O) groups excluding carboxylic acids is 1. The quantitative estimate of drug-likeness (QED) is 0.569. The number of alkyl halides is 1. The van der Waals surface area contributed by atoms with E-state index in [2.05, 4.69) is 25.9 Å². The minimum Gasteiger partial charge on any atom is -0.466 e. The first-order valence-electron chi connectivity index (χ1n) is 6.84. The van der Waals surface area contributed by atoms with E-state index in [-0.39, 0.29) is 11.3 Å². The SMILES string of the molecule is CCOC(=O)CCCn1c(C(C)Cl)nc2cc(Br)cnc21. The van der Waals surface area contributed by atoms with E-state index in [1.807, 2.05) is 17.6 Å². The van der Waals surface area contributed by atoms with Gasteiger partial charge in [0.1, 0.15) is 11.3 Å². The molecule has 0 aliphatic heterocycles. The van der Waals surface area contributed by atoms with E-state index in [0.717, 1.165) is 21.5 Å². The number of aryl methyl sites for hydroxylation is 1. The first kappa shape index (κ1) is 16.2. The Morgan fingerprint density at radius 3 is 3.00 bits per heavy atom. The van der Waals surface area contributed by atoms with Crippen molar-refractivity contribution in [1.29, 1.82) is 0 Å². The maximum absolute atomic E-state index is 11.4. The Hall–Kier alpha value is -1.14. The average molecular weight is 375 g/mol. The van der Waals surface area contributed by atoms with Crippen LogP contribution < -0.4 is 0 Å². The highest BCUT2D eigenvalue weighted by atomic mass is 79.9. The number of nitrogens with zero attached hydrogens (tertiary/aromatic N) is 3. The number of imidazole rings is 1. The molecule has 0 amide bonds. The fourth-order valence-corrected chi connectivity index (χ4v) is 2.63.